The van der Waals surface area contributed by atoms with Crippen molar-refractivity contribution in [2.45, 2.75) is 44.8 Å². The molecule has 0 aromatic rings. The Hall–Kier alpha value is -0.120. The number of aliphatic hydroxyl groups excluding tert-OH is 2. The first kappa shape index (κ1) is 11.0. The second-order valence-electron chi connectivity index (χ2n) is 4.08. The van der Waals surface area contributed by atoms with Gasteiger partial charge in [-0.05, 0) is 25.7 Å². The van der Waals surface area contributed by atoms with Crippen molar-refractivity contribution in [1.82, 2.24) is 5.32 Å². The van der Waals surface area contributed by atoms with Crippen LogP contribution in [0.15, 0.2) is 0 Å². The van der Waals surface area contributed by atoms with Crippen LogP contribution in [0, 0.1) is 5.92 Å². The van der Waals surface area contributed by atoms with E-state index in [9.17, 15) is 0 Å². The van der Waals surface area contributed by atoms with E-state index in [-0.39, 0.29) is 6.61 Å². The molecule has 1 fully saturated rings. The fourth-order valence-corrected chi connectivity index (χ4v) is 2.01. The molecule has 0 aromatic heterocycles. The molecule has 0 heterocycles. The monoisotopic (exact) mass is 187 g/mol. The maximum Gasteiger partial charge on any atom is 0.0895 e. The molecule has 0 saturated heterocycles. The van der Waals surface area contributed by atoms with E-state index in [1.165, 1.54) is 25.7 Å². The number of aliphatic hydroxyl groups is 2. The van der Waals surface area contributed by atoms with Crippen LogP contribution < -0.4 is 5.32 Å². The van der Waals surface area contributed by atoms with Crippen LogP contribution in [0.1, 0.15) is 32.6 Å². The van der Waals surface area contributed by atoms with Crippen molar-refractivity contribution in [3.05, 3.63) is 0 Å². The Morgan fingerprint density at radius 3 is 2.54 bits per heavy atom. The standard InChI is InChI=1S/C10H21NO2/c1-8(9-4-2-3-5-9)11-6-10(13)7-12/h8-13H,2-7H2,1H3/t8?,10-/m0/s1. The Morgan fingerprint density at radius 1 is 1.38 bits per heavy atom. The second kappa shape index (κ2) is 5.58. The van der Waals surface area contributed by atoms with E-state index in [1.54, 1.807) is 0 Å². The second-order valence-corrected chi connectivity index (χ2v) is 4.08. The minimum Gasteiger partial charge on any atom is -0.394 e. The van der Waals surface area contributed by atoms with Crippen molar-refractivity contribution in [3.8, 4) is 0 Å². The predicted molar refractivity (Wildman–Crippen MR) is 52.5 cm³/mol. The Bertz CT molecular complexity index is 135. The lowest BCUT2D eigenvalue weighted by Crippen LogP contribution is -2.38. The highest BCUT2D eigenvalue weighted by atomic mass is 16.3. The molecule has 1 unspecified atom stereocenters. The van der Waals surface area contributed by atoms with E-state index in [1.807, 2.05) is 0 Å². The minimum atomic E-state index is -0.608. The highest BCUT2D eigenvalue weighted by Crippen LogP contribution is 2.27. The summed E-state index contributed by atoms with van der Waals surface area (Å²) in [4.78, 5) is 0. The summed E-state index contributed by atoms with van der Waals surface area (Å²) >= 11 is 0. The average Bonchev–Trinajstić information content (AvgIpc) is 2.66. The lowest BCUT2D eigenvalue weighted by atomic mass is 10.00. The van der Waals surface area contributed by atoms with Gasteiger partial charge in [0.2, 0.25) is 0 Å². The van der Waals surface area contributed by atoms with Crippen molar-refractivity contribution in [3.63, 3.8) is 0 Å². The van der Waals surface area contributed by atoms with E-state index in [0.717, 1.165) is 5.92 Å². The Balaban J connectivity index is 2.12. The topological polar surface area (TPSA) is 52.5 Å². The lowest BCUT2D eigenvalue weighted by Gasteiger charge is -2.21. The first-order valence-electron chi connectivity index (χ1n) is 5.26. The summed E-state index contributed by atoms with van der Waals surface area (Å²) in [5, 5.41) is 21.0. The molecule has 78 valence electrons. The third-order valence-corrected chi connectivity index (χ3v) is 2.99. The number of rotatable bonds is 5. The zero-order valence-electron chi connectivity index (χ0n) is 8.37. The molecule has 1 saturated carbocycles. The maximum atomic E-state index is 9.14. The molecule has 3 N–H and O–H groups in total. The van der Waals surface area contributed by atoms with Crippen molar-refractivity contribution in [1.29, 1.82) is 0 Å². The van der Waals surface area contributed by atoms with Gasteiger partial charge in [0.15, 0.2) is 0 Å². The van der Waals surface area contributed by atoms with Crippen LogP contribution >= 0.6 is 0 Å². The van der Waals surface area contributed by atoms with Gasteiger partial charge in [-0.1, -0.05) is 12.8 Å². The first-order chi connectivity index (χ1) is 6.24. The molecule has 3 nitrogen and oxygen atoms in total. The van der Waals surface area contributed by atoms with E-state index in [0.29, 0.717) is 12.6 Å². The van der Waals surface area contributed by atoms with Crippen molar-refractivity contribution < 1.29 is 10.2 Å². The first-order valence-corrected chi connectivity index (χ1v) is 5.26. The van der Waals surface area contributed by atoms with Gasteiger partial charge in [0.1, 0.15) is 0 Å². The van der Waals surface area contributed by atoms with Crippen LogP contribution in [0.5, 0.6) is 0 Å². The summed E-state index contributed by atoms with van der Waals surface area (Å²) < 4.78 is 0. The Kier molecular flexibility index (Phi) is 4.70. The molecule has 1 aliphatic rings. The molecule has 13 heavy (non-hydrogen) atoms. The Morgan fingerprint density at radius 2 is 2.00 bits per heavy atom. The smallest absolute Gasteiger partial charge is 0.0895 e. The molecule has 0 radical (unpaired) electrons. The van der Waals surface area contributed by atoms with Crippen LogP contribution in [-0.2, 0) is 0 Å². The highest BCUT2D eigenvalue weighted by molar-refractivity contribution is 4.77. The number of hydrogen-bond donors (Lipinski definition) is 3. The third kappa shape index (κ3) is 3.63. The van der Waals surface area contributed by atoms with Crippen molar-refractivity contribution >= 4 is 0 Å². The van der Waals surface area contributed by atoms with Crippen molar-refractivity contribution in [2.75, 3.05) is 13.2 Å². The molecule has 2 atom stereocenters. The van der Waals surface area contributed by atoms with Gasteiger partial charge in [-0.2, -0.15) is 0 Å². The van der Waals surface area contributed by atoms with Gasteiger partial charge in [0.25, 0.3) is 0 Å². The molecule has 0 spiro atoms. The molecule has 0 aliphatic heterocycles. The van der Waals surface area contributed by atoms with Crippen LogP contribution in [-0.4, -0.2) is 35.5 Å². The van der Waals surface area contributed by atoms with Gasteiger partial charge < -0.3 is 15.5 Å². The molecule has 3 heteroatoms. The summed E-state index contributed by atoms with van der Waals surface area (Å²) in [7, 11) is 0. The van der Waals surface area contributed by atoms with E-state index in [2.05, 4.69) is 12.2 Å². The number of nitrogens with one attached hydrogen (secondary N) is 1. The Labute approximate surface area is 80.2 Å². The van der Waals surface area contributed by atoms with Crippen LogP contribution in [0.4, 0.5) is 0 Å². The van der Waals surface area contributed by atoms with Gasteiger partial charge in [-0.15, -0.1) is 0 Å². The molecular weight excluding hydrogens is 166 g/mol. The molecule has 0 bridgehead atoms. The zero-order valence-corrected chi connectivity index (χ0v) is 8.37. The summed E-state index contributed by atoms with van der Waals surface area (Å²) in [6, 6.07) is 0.476. The largest absolute Gasteiger partial charge is 0.394 e. The normalized spacial score (nSPS) is 23.3. The van der Waals surface area contributed by atoms with Crippen LogP contribution in [0.2, 0.25) is 0 Å². The minimum absolute atomic E-state index is 0.148. The van der Waals surface area contributed by atoms with Gasteiger partial charge in [0, 0.05) is 12.6 Å². The zero-order chi connectivity index (χ0) is 9.68. The average molecular weight is 187 g/mol. The highest BCUT2D eigenvalue weighted by Gasteiger charge is 2.21. The van der Waals surface area contributed by atoms with E-state index < -0.39 is 6.10 Å². The summed E-state index contributed by atoms with van der Waals surface area (Å²) in [6.45, 7) is 2.53. The molecule has 1 aliphatic carbocycles. The summed E-state index contributed by atoms with van der Waals surface area (Å²) in [6.07, 6.45) is 4.70. The van der Waals surface area contributed by atoms with Crippen LogP contribution in [0.25, 0.3) is 0 Å². The predicted octanol–water partition coefficient (Wildman–Crippen LogP) is 0.508. The lowest BCUT2D eigenvalue weighted by molar-refractivity contribution is 0.0903. The van der Waals surface area contributed by atoms with E-state index >= 15 is 0 Å². The SMILES string of the molecule is CC(NC[C@H](O)CO)C1CCCC1. The molecule has 1 rings (SSSR count). The number of hydrogen-bond acceptors (Lipinski definition) is 3. The van der Waals surface area contributed by atoms with Gasteiger partial charge >= 0.3 is 0 Å². The molecule has 0 aromatic carbocycles. The fourth-order valence-electron chi connectivity index (χ4n) is 2.01. The quantitative estimate of drug-likeness (QED) is 0.588. The summed E-state index contributed by atoms with van der Waals surface area (Å²) in [5.74, 6) is 0.769. The summed E-state index contributed by atoms with van der Waals surface area (Å²) in [5.41, 5.74) is 0. The molecular formula is C10H21NO2. The third-order valence-electron chi connectivity index (χ3n) is 2.99. The fraction of sp³-hybridized carbons (Fsp3) is 1.00. The van der Waals surface area contributed by atoms with E-state index in [4.69, 9.17) is 10.2 Å². The van der Waals surface area contributed by atoms with Crippen LogP contribution in [0.3, 0.4) is 0 Å². The van der Waals surface area contributed by atoms with Gasteiger partial charge in [0.05, 0.1) is 12.7 Å². The van der Waals surface area contributed by atoms with Gasteiger partial charge in [-0.25, -0.2) is 0 Å². The van der Waals surface area contributed by atoms with Crippen molar-refractivity contribution in [2.24, 2.45) is 5.92 Å². The molecule has 0 amide bonds. The van der Waals surface area contributed by atoms with Gasteiger partial charge in [-0.3, -0.25) is 0 Å². The maximum absolute atomic E-state index is 9.14.